The minimum absolute atomic E-state index is 0.0401. The number of benzene rings is 5. The molecule has 1 aromatic heterocycles. The summed E-state index contributed by atoms with van der Waals surface area (Å²) >= 11 is 0. The maximum Gasteiger partial charge on any atom is 0.289 e. The third-order valence-corrected chi connectivity index (χ3v) is 16.9. The molecule has 2 atom stereocenters. The fourth-order valence-electron chi connectivity index (χ4n) is 13.4. The standard InChI is InChI=1S/C59H68N4/c1-38(2)48-34-40-23-19-20-28-46(40)51-52(48)57(6,7)53-54(51)60-37-63-55(53)50-47-31-30-43(56(3,4)5)33-41(47)29-32-49(50)58(8)59(63,9)62(45-26-17-12-18-27-45)36-42(39-21-13-10-14-22-39)35-61(58)44-24-15-11-16-25-44/h10,13-14,19-23,28-38,44-45H,11-12,15-18,24-27H2,1-9H3/q+2. The van der Waals surface area contributed by atoms with E-state index in [-0.39, 0.29) is 10.8 Å². The summed E-state index contributed by atoms with van der Waals surface area (Å²) in [6.07, 6.45) is 20.1. The molecule has 3 heterocycles. The Kier molecular flexibility index (Phi) is 9.34. The molecule has 0 radical (unpaired) electrons. The molecule has 0 amide bonds. The number of hydrogen-bond acceptors (Lipinski definition) is 2. The van der Waals surface area contributed by atoms with E-state index in [0.717, 1.165) is 5.69 Å². The summed E-state index contributed by atoms with van der Waals surface area (Å²) in [5.74, 6) is 0.370. The Morgan fingerprint density at radius 2 is 1.37 bits per heavy atom. The van der Waals surface area contributed by atoms with Crippen LogP contribution < -0.4 is 4.57 Å². The van der Waals surface area contributed by atoms with Gasteiger partial charge in [-0.2, -0.15) is 4.57 Å². The molecule has 4 heteroatoms. The monoisotopic (exact) mass is 833 g/mol. The van der Waals surface area contributed by atoms with Crippen LogP contribution in [0.4, 0.5) is 0 Å². The zero-order valence-electron chi connectivity index (χ0n) is 39.5. The summed E-state index contributed by atoms with van der Waals surface area (Å²) < 4.78 is 5.66. The van der Waals surface area contributed by atoms with Crippen LogP contribution in [-0.4, -0.2) is 32.8 Å². The normalized spacial score (nSPS) is 23.4. The molecule has 5 aromatic carbocycles. The number of rotatable bonds is 4. The highest BCUT2D eigenvalue weighted by molar-refractivity contribution is 6.08. The van der Waals surface area contributed by atoms with Gasteiger partial charge >= 0.3 is 0 Å². The third-order valence-electron chi connectivity index (χ3n) is 16.9. The van der Waals surface area contributed by atoms with Crippen LogP contribution in [0.5, 0.6) is 0 Å². The highest BCUT2D eigenvalue weighted by Gasteiger charge is 2.70. The zero-order valence-corrected chi connectivity index (χ0v) is 39.5. The van der Waals surface area contributed by atoms with Crippen LogP contribution in [0.1, 0.15) is 166 Å². The second-order valence-electron chi connectivity index (χ2n) is 22.1. The Hall–Kier alpha value is -5.09. The van der Waals surface area contributed by atoms with Crippen LogP contribution in [0.3, 0.4) is 0 Å². The summed E-state index contributed by atoms with van der Waals surface area (Å²) in [4.78, 5) is 8.73. The van der Waals surface area contributed by atoms with E-state index in [1.54, 1.807) is 0 Å². The summed E-state index contributed by atoms with van der Waals surface area (Å²) in [5, 5.41) is 5.29. The van der Waals surface area contributed by atoms with Gasteiger partial charge in [-0.3, -0.25) is 0 Å². The maximum atomic E-state index is 5.84. The summed E-state index contributed by atoms with van der Waals surface area (Å²) in [6, 6.07) is 36.1. The first-order valence-electron chi connectivity index (χ1n) is 24.5. The lowest BCUT2D eigenvalue weighted by molar-refractivity contribution is -0.845. The van der Waals surface area contributed by atoms with E-state index in [9.17, 15) is 0 Å². The number of allylic oxidation sites excluding steroid dienone is 1. The van der Waals surface area contributed by atoms with Crippen molar-refractivity contribution in [3.8, 4) is 22.5 Å². The van der Waals surface area contributed by atoms with Crippen molar-refractivity contribution in [2.45, 2.75) is 167 Å². The summed E-state index contributed by atoms with van der Waals surface area (Å²) in [5.41, 5.74) is 13.7. The first-order chi connectivity index (χ1) is 30.2. The van der Waals surface area contributed by atoms with Crippen molar-refractivity contribution in [2.75, 3.05) is 0 Å². The van der Waals surface area contributed by atoms with Crippen molar-refractivity contribution in [3.63, 3.8) is 0 Å². The van der Waals surface area contributed by atoms with Crippen molar-refractivity contribution >= 4 is 33.3 Å². The molecule has 3 aliphatic carbocycles. The fraction of sp³-hybridized carbons (Fsp3) is 0.441. The van der Waals surface area contributed by atoms with E-state index in [1.165, 1.54) is 142 Å². The lowest BCUT2D eigenvalue weighted by atomic mass is 9.67. The number of nitrogens with zero attached hydrogens (tertiary/aromatic N) is 4. The second-order valence-corrected chi connectivity index (χ2v) is 22.1. The van der Waals surface area contributed by atoms with Crippen LogP contribution in [0.25, 0.3) is 49.6 Å². The largest absolute Gasteiger partial charge is 0.327 e. The van der Waals surface area contributed by atoms with E-state index < -0.39 is 11.2 Å². The van der Waals surface area contributed by atoms with Crippen LogP contribution in [-0.2, 0) is 22.0 Å². The van der Waals surface area contributed by atoms with Gasteiger partial charge in [0.2, 0.25) is 5.54 Å². The first kappa shape index (κ1) is 40.7. The number of hydrogen-bond donors (Lipinski definition) is 0. The van der Waals surface area contributed by atoms with E-state index in [4.69, 9.17) is 4.98 Å². The Bertz CT molecular complexity index is 2880. The lowest BCUT2D eigenvalue weighted by Crippen LogP contribution is -2.78. The van der Waals surface area contributed by atoms with Crippen molar-refractivity contribution < 1.29 is 9.14 Å². The van der Waals surface area contributed by atoms with E-state index in [2.05, 4.69) is 186 Å². The molecule has 11 rings (SSSR count). The molecule has 5 aliphatic rings. The van der Waals surface area contributed by atoms with Crippen molar-refractivity contribution in [2.24, 2.45) is 0 Å². The predicted octanol–water partition coefficient (Wildman–Crippen LogP) is 14.1. The van der Waals surface area contributed by atoms with Crippen molar-refractivity contribution in [1.29, 1.82) is 0 Å². The second kappa shape index (κ2) is 14.5. The molecule has 4 nitrogen and oxygen atoms in total. The van der Waals surface area contributed by atoms with Gasteiger partial charge in [0.05, 0.1) is 11.1 Å². The van der Waals surface area contributed by atoms with Gasteiger partial charge in [-0.1, -0.05) is 165 Å². The molecular weight excluding hydrogens is 765 g/mol. The van der Waals surface area contributed by atoms with Gasteiger partial charge in [-0.15, -0.1) is 0 Å². The van der Waals surface area contributed by atoms with Crippen LogP contribution in [0.2, 0.25) is 0 Å². The molecule has 322 valence electrons. The van der Waals surface area contributed by atoms with Crippen LogP contribution in [0.15, 0.2) is 104 Å². The Balaban J connectivity index is 1.32. The van der Waals surface area contributed by atoms with Gasteiger partial charge in [0.15, 0.2) is 18.0 Å². The molecule has 63 heavy (non-hydrogen) atoms. The topological polar surface area (TPSA) is 23.0 Å². The van der Waals surface area contributed by atoms with Gasteiger partial charge < -0.3 is 4.90 Å². The average molecular weight is 833 g/mol. The SMILES string of the molecule is CC(C)c1cc2ccccc2c2c1C(C)(C)c1c-2nc[n+]2c1-c1c(ccc3cc(C(C)(C)C)ccc13)C1(C)[N+](C3CCCCC3)=CC(c3ccccc3)=CN(C3CCCCC3)C21C. The quantitative estimate of drug-likeness (QED) is 0.165. The smallest absolute Gasteiger partial charge is 0.289 e. The third kappa shape index (κ3) is 5.81. The van der Waals surface area contributed by atoms with Crippen molar-refractivity contribution in [1.82, 2.24) is 9.88 Å². The summed E-state index contributed by atoms with van der Waals surface area (Å²) in [7, 11) is 0. The minimum atomic E-state index is -0.545. The van der Waals surface area contributed by atoms with Gasteiger partial charge in [-0.05, 0) is 85.8 Å². The number of fused-ring (bicyclic) bond motifs is 14. The lowest BCUT2D eigenvalue weighted by Gasteiger charge is -2.53. The average Bonchev–Trinajstić information content (AvgIpc) is 3.47. The van der Waals surface area contributed by atoms with E-state index >= 15 is 0 Å². The molecule has 2 fully saturated rings. The van der Waals surface area contributed by atoms with Gasteiger partial charge in [-0.25, -0.2) is 4.58 Å². The Labute approximate surface area is 376 Å². The molecule has 0 N–H and O–H groups in total. The predicted molar refractivity (Wildman–Crippen MR) is 263 cm³/mol. The van der Waals surface area contributed by atoms with E-state index in [1.807, 2.05) is 0 Å². The molecule has 2 aliphatic heterocycles. The molecule has 0 saturated heterocycles. The van der Waals surface area contributed by atoms with Crippen molar-refractivity contribution in [3.05, 3.63) is 137 Å². The highest BCUT2D eigenvalue weighted by atomic mass is 15.4. The van der Waals surface area contributed by atoms with Crippen LogP contribution in [0, 0.1) is 0 Å². The Morgan fingerprint density at radius 1 is 0.698 bits per heavy atom. The molecule has 2 saturated carbocycles. The molecule has 0 spiro atoms. The molecule has 0 bridgehead atoms. The maximum absolute atomic E-state index is 5.84. The minimum Gasteiger partial charge on any atom is -0.327 e. The zero-order chi connectivity index (χ0) is 43.6. The van der Waals surface area contributed by atoms with Gasteiger partial charge in [0, 0.05) is 61.0 Å². The molecule has 2 unspecified atom stereocenters. The Morgan fingerprint density at radius 3 is 2.08 bits per heavy atom. The van der Waals surface area contributed by atoms with Crippen LogP contribution >= 0.6 is 0 Å². The first-order valence-corrected chi connectivity index (χ1v) is 24.5. The summed E-state index contributed by atoms with van der Waals surface area (Å²) in [6.45, 7) is 22.1. The van der Waals surface area contributed by atoms with Gasteiger partial charge in [0.1, 0.15) is 5.69 Å². The van der Waals surface area contributed by atoms with Gasteiger partial charge in [0.25, 0.3) is 12.0 Å². The number of aromatic nitrogens is 2. The molecule has 6 aromatic rings. The fourth-order valence-corrected chi connectivity index (χ4v) is 13.4. The highest BCUT2D eigenvalue weighted by Crippen LogP contribution is 2.60. The van der Waals surface area contributed by atoms with E-state index in [0.29, 0.717) is 18.0 Å². The molecular formula is C59H68N4+2.